The monoisotopic (exact) mass is 694 g/mol. The lowest BCUT2D eigenvalue weighted by Gasteiger charge is -2.38. The first-order valence-electron chi connectivity index (χ1n) is 14.8. The largest absolute Gasteiger partial charge is 0.480 e. The van der Waals surface area contributed by atoms with Gasteiger partial charge in [0.05, 0.1) is 35.4 Å². The molecule has 0 bridgehead atoms. The van der Waals surface area contributed by atoms with Crippen molar-refractivity contribution in [3.63, 3.8) is 0 Å². The molecule has 49 heavy (non-hydrogen) atoms. The van der Waals surface area contributed by atoms with Gasteiger partial charge in [-0.15, -0.1) is 0 Å². The third kappa shape index (κ3) is 6.95. The molecule has 16 heteroatoms. The van der Waals surface area contributed by atoms with E-state index in [0.29, 0.717) is 11.8 Å². The van der Waals surface area contributed by atoms with Crippen LogP contribution in [-0.2, 0) is 29.2 Å². The number of hydrogen-bond donors (Lipinski definition) is 2. The van der Waals surface area contributed by atoms with Crippen molar-refractivity contribution in [3.8, 4) is 11.1 Å². The molecule has 260 valence electrons. The van der Waals surface area contributed by atoms with Crippen LogP contribution in [-0.4, -0.2) is 64.6 Å². The lowest BCUT2D eigenvalue weighted by Crippen LogP contribution is -2.53. The number of nitrogens with one attached hydrogen (secondary N) is 1. The summed E-state index contributed by atoms with van der Waals surface area (Å²) in [7, 11) is 1.19. The third-order valence-corrected chi connectivity index (χ3v) is 8.44. The highest BCUT2D eigenvalue weighted by molar-refractivity contribution is 5.99. The zero-order chi connectivity index (χ0) is 36.0. The van der Waals surface area contributed by atoms with Gasteiger partial charge in [0.25, 0.3) is 11.5 Å². The average Bonchev–Trinajstić information content (AvgIpc) is 3.02. The van der Waals surface area contributed by atoms with Gasteiger partial charge in [-0.05, 0) is 48.7 Å². The van der Waals surface area contributed by atoms with Gasteiger partial charge in [0.1, 0.15) is 17.9 Å². The Balaban J connectivity index is 1.48. The van der Waals surface area contributed by atoms with Crippen molar-refractivity contribution in [1.29, 1.82) is 0 Å². The minimum atomic E-state index is -4.76. The normalized spacial score (nSPS) is 16.1. The van der Waals surface area contributed by atoms with E-state index >= 15 is 4.39 Å². The second-order valence-electron chi connectivity index (χ2n) is 11.6. The van der Waals surface area contributed by atoms with Gasteiger partial charge < -0.3 is 24.6 Å². The molecule has 2 aromatic carbocycles. The molecule has 2 atom stereocenters. The number of hydrogen-bond acceptors (Lipinski definition) is 6. The van der Waals surface area contributed by atoms with Crippen LogP contribution in [0.4, 0.5) is 36.4 Å². The number of nitrogens with zero attached hydrogens (tertiary/aromatic N) is 3. The van der Waals surface area contributed by atoms with Crippen molar-refractivity contribution in [3.05, 3.63) is 92.8 Å². The van der Waals surface area contributed by atoms with E-state index in [0.717, 1.165) is 15.5 Å². The summed E-state index contributed by atoms with van der Waals surface area (Å²) in [6.45, 7) is 1.60. The number of ether oxygens (including phenoxy) is 1. The number of carboxylic acids is 1. The van der Waals surface area contributed by atoms with Gasteiger partial charge in [0, 0.05) is 49.0 Å². The molecule has 9 nitrogen and oxygen atoms in total. The highest BCUT2D eigenvalue weighted by Crippen LogP contribution is 2.37. The van der Waals surface area contributed by atoms with Gasteiger partial charge in [0.2, 0.25) is 0 Å². The summed E-state index contributed by atoms with van der Waals surface area (Å²) >= 11 is 0. The maximum absolute atomic E-state index is 15.4. The molecular weight excluding hydrogens is 665 g/mol. The Kier molecular flexibility index (Phi) is 9.47. The molecule has 4 aromatic rings. The zero-order valence-electron chi connectivity index (χ0n) is 26.2. The SMILES string of the molecule is Cc1cc(N2CCOC[C@@H]2C(F)(F)F)cc(F)c1C(=O)N[C@@H](Cc1ccc(-c2c(C)c(C(F)(F)F)cn(C)c2=O)c2ncccc12)C(=O)O. The number of aliphatic carboxylic acids is 1. The first-order valence-corrected chi connectivity index (χ1v) is 14.8. The average molecular weight is 695 g/mol. The Morgan fingerprint density at radius 3 is 2.47 bits per heavy atom. The predicted molar refractivity (Wildman–Crippen MR) is 164 cm³/mol. The first kappa shape index (κ1) is 35.3. The summed E-state index contributed by atoms with van der Waals surface area (Å²) in [6.07, 6.45) is -7.77. The lowest BCUT2D eigenvalue weighted by atomic mass is 9.92. The lowest BCUT2D eigenvalue weighted by molar-refractivity contribution is -0.167. The number of carbonyl (C=O) groups excluding carboxylic acids is 1. The molecular formula is C33H29F7N4O5. The van der Waals surface area contributed by atoms with Crippen LogP contribution < -0.4 is 15.8 Å². The molecule has 1 aliphatic heterocycles. The number of carbonyl (C=O) groups is 2. The van der Waals surface area contributed by atoms with Gasteiger partial charge in [0.15, 0.2) is 0 Å². The second-order valence-corrected chi connectivity index (χ2v) is 11.6. The molecule has 0 unspecified atom stereocenters. The molecule has 3 heterocycles. The van der Waals surface area contributed by atoms with Crippen LogP contribution in [0, 0.1) is 19.7 Å². The number of rotatable bonds is 7. The molecule has 0 radical (unpaired) electrons. The van der Waals surface area contributed by atoms with Crippen molar-refractivity contribution in [2.24, 2.45) is 7.05 Å². The van der Waals surface area contributed by atoms with Gasteiger partial charge in [-0.1, -0.05) is 18.2 Å². The molecule has 0 spiro atoms. The van der Waals surface area contributed by atoms with Gasteiger partial charge >= 0.3 is 18.3 Å². The van der Waals surface area contributed by atoms with E-state index in [1.807, 2.05) is 0 Å². The van der Waals surface area contributed by atoms with Crippen molar-refractivity contribution in [1.82, 2.24) is 14.9 Å². The van der Waals surface area contributed by atoms with E-state index < -0.39 is 65.4 Å². The number of benzene rings is 2. The number of fused-ring (bicyclic) bond motifs is 1. The molecule has 2 N–H and O–H groups in total. The summed E-state index contributed by atoms with van der Waals surface area (Å²) in [5, 5.41) is 12.6. The Morgan fingerprint density at radius 1 is 1.12 bits per heavy atom. The first-order chi connectivity index (χ1) is 22.9. The summed E-state index contributed by atoms with van der Waals surface area (Å²) < 4.78 is 103. The van der Waals surface area contributed by atoms with Crippen LogP contribution in [0.2, 0.25) is 0 Å². The maximum Gasteiger partial charge on any atom is 0.418 e. The number of amides is 1. The maximum atomic E-state index is 15.4. The molecule has 1 saturated heterocycles. The van der Waals surface area contributed by atoms with E-state index in [1.54, 1.807) is 0 Å². The van der Waals surface area contributed by atoms with Crippen molar-refractivity contribution in [2.75, 3.05) is 24.7 Å². The number of aryl methyl sites for hydroxylation is 2. The van der Waals surface area contributed by atoms with E-state index in [2.05, 4.69) is 10.3 Å². The summed E-state index contributed by atoms with van der Waals surface area (Å²) in [4.78, 5) is 43.9. The molecule has 0 aliphatic carbocycles. The van der Waals surface area contributed by atoms with Crippen LogP contribution in [0.25, 0.3) is 22.0 Å². The highest BCUT2D eigenvalue weighted by Gasteiger charge is 2.46. The minimum absolute atomic E-state index is 0.0306. The van der Waals surface area contributed by atoms with Crippen LogP contribution >= 0.6 is 0 Å². The number of alkyl halides is 6. The van der Waals surface area contributed by atoms with Gasteiger partial charge in [-0.3, -0.25) is 14.6 Å². The zero-order valence-corrected chi connectivity index (χ0v) is 26.2. The fourth-order valence-electron chi connectivity index (χ4n) is 6.05. The number of anilines is 1. The molecule has 5 rings (SSSR count). The van der Waals surface area contributed by atoms with Gasteiger partial charge in [-0.25, -0.2) is 9.18 Å². The van der Waals surface area contributed by atoms with Crippen molar-refractivity contribution < 1.29 is 50.2 Å². The number of halogens is 7. The Morgan fingerprint density at radius 2 is 1.84 bits per heavy atom. The van der Waals surface area contributed by atoms with Crippen LogP contribution in [0.3, 0.4) is 0 Å². The quantitative estimate of drug-likeness (QED) is 0.244. The van der Waals surface area contributed by atoms with Crippen molar-refractivity contribution >= 4 is 28.5 Å². The molecule has 1 aliphatic rings. The fourth-order valence-corrected chi connectivity index (χ4v) is 6.05. The number of pyridine rings is 2. The van der Waals surface area contributed by atoms with Crippen LogP contribution in [0.1, 0.15) is 32.6 Å². The summed E-state index contributed by atoms with van der Waals surface area (Å²) in [6, 6.07) is 4.06. The van der Waals surface area contributed by atoms with E-state index in [1.165, 1.54) is 57.4 Å². The molecule has 1 fully saturated rings. The van der Waals surface area contributed by atoms with E-state index in [4.69, 9.17) is 4.74 Å². The molecule has 2 aromatic heterocycles. The molecule has 1 amide bonds. The molecule has 0 saturated carbocycles. The highest BCUT2D eigenvalue weighted by atomic mass is 19.4. The Hall–Kier alpha value is -4.99. The Labute approximate surface area is 273 Å². The van der Waals surface area contributed by atoms with E-state index in [-0.39, 0.29) is 58.4 Å². The minimum Gasteiger partial charge on any atom is -0.480 e. The topological polar surface area (TPSA) is 114 Å². The summed E-state index contributed by atoms with van der Waals surface area (Å²) in [5.41, 5.74) is -2.57. The smallest absolute Gasteiger partial charge is 0.418 e. The predicted octanol–water partition coefficient (Wildman–Crippen LogP) is 5.57. The van der Waals surface area contributed by atoms with E-state index in [9.17, 15) is 45.8 Å². The number of aromatic nitrogens is 2. The second kappa shape index (κ2) is 13.1. The van der Waals surface area contributed by atoms with Crippen LogP contribution in [0.5, 0.6) is 0 Å². The number of morpholine rings is 1. The van der Waals surface area contributed by atoms with Gasteiger partial charge in [-0.2, -0.15) is 26.3 Å². The Bertz CT molecular complexity index is 1990. The van der Waals surface area contributed by atoms with Crippen molar-refractivity contribution in [2.45, 2.75) is 44.7 Å². The summed E-state index contributed by atoms with van der Waals surface area (Å²) in [5.74, 6) is -3.81. The number of carboxylic acid groups (broad SMARTS) is 1. The third-order valence-electron chi connectivity index (χ3n) is 8.44. The fraction of sp³-hybridized carbons (Fsp3) is 0.333. The standard InChI is InChI=1S/C33H29F7N4O5/c1-16-11-19(44-9-10-49-15-25(44)33(38,39)40)13-23(34)26(16)29(45)42-24(31(47)48)12-18-6-7-21(28-20(18)5-4-8-41-28)27-17(2)22(32(35,36)37)14-43(3)30(27)46/h4-8,11,13-14,24-25H,9-10,12,15H2,1-3H3,(H,42,45)(H,47,48)/t24-,25+/m0/s1. The van der Waals surface area contributed by atoms with Crippen LogP contribution in [0.15, 0.2) is 53.6 Å².